The Hall–Kier alpha value is -0.550. The average Bonchev–Trinajstić information content (AvgIpc) is 3.14. The van der Waals surface area contributed by atoms with Gasteiger partial charge in [-0.2, -0.15) is 0 Å². The van der Waals surface area contributed by atoms with E-state index in [4.69, 9.17) is 19.1 Å². The number of aliphatic hydroxyl groups is 2. The van der Waals surface area contributed by atoms with Crippen LogP contribution in [-0.2, 0) is 32.7 Å². The second kappa shape index (κ2) is 42.1. The Morgan fingerprint density at radius 1 is 0.593 bits per heavy atom. The van der Waals surface area contributed by atoms with Gasteiger partial charge in [0.05, 0.1) is 19.8 Å². The number of carbonyl (C=O) groups is 2. The molecule has 2 N–H and O–H groups in total. The number of allylic oxidation sites excluding steroid dienone is 4. The van der Waals surface area contributed by atoms with Crippen LogP contribution in [0.15, 0.2) is 24.3 Å². The summed E-state index contributed by atoms with van der Waals surface area (Å²) in [5.74, 6) is -0.970. The number of phosphoric acid groups is 1. The van der Waals surface area contributed by atoms with Crippen molar-refractivity contribution in [3.8, 4) is 0 Å². The molecule has 0 amide bonds. The fourth-order valence-electron chi connectivity index (χ4n) is 5.78. The van der Waals surface area contributed by atoms with Crippen LogP contribution in [0.4, 0.5) is 0 Å². The molecule has 12 heteroatoms. The SMILES string of the molecule is CCCCCC=CCC=CCCCCCCCC(=O)OC(COC(=O)CCCCCCCCCCCCCCCCC)COP(=O)([O-])OCC(O)CO.[Na+]. The first-order chi connectivity index (χ1) is 25.7. The first kappa shape index (κ1) is 55.5. The molecule has 3 unspecified atom stereocenters. The van der Waals surface area contributed by atoms with Gasteiger partial charge in [-0.25, -0.2) is 0 Å². The van der Waals surface area contributed by atoms with Gasteiger partial charge in [0.25, 0.3) is 7.82 Å². The average molecular weight is 797 g/mol. The maximum atomic E-state index is 12.6. The van der Waals surface area contributed by atoms with Crippen LogP contribution in [0.25, 0.3) is 0 Å². The molecule has 0 aromatic heterocycles. The summed E-state index contributed by atoms with van der Waals surface area (Å²) in [4.78, 5) is 37.1. The second-order valence-electron chi connectivity index (χ2n) is 14.4. The predicted octanol–water partition coefficient (Wildman–Crippen LogP) is 7.38. The summed E-state index contributed by atoms with van der Waals surface area (Å²) in [5.41, 5.74) is 0. The van der Waals surface area contributed by atoms with Gasteiger partial charge in [0.15, 0.2) is 6.10 Å². The van der Waals surface area contributed by atoms with Crippen LogP contribution in [0.1, 0.15) is 194 Å². The largest absolute Gasteiger partial charge is 1.00 e. The van der Waals surface area contributed by atoms with Crippen LogP contribution >= 0.6 is 7.82 Å². The van der Waals surface area contributed by atoms with Gasteiger partial charge in [-0.15, -0.1) is 0 Å². The van der Waals surface area contributed by atoms with E-state index in [0.29, 0.717) is 12.8 Å². The molecule has 0 aliphatic rings. The smallest absolute Gasteiger partial charge is 0.756 e. The summed E-state index contributed by atoms with van der Waals surface area (Å²) in [6.45, 7) is 2.17. The summed E-state index contributed by atoms with van der Waals surface area (Å²) in [5, 5.41) is 18.3. The molecule has 3 atom stereocenters. The van der Waals surface area contributed by atoms with Gasteiger partial charge >= 0.3 is 41.5 Å². The van der Waals surface area contributed by atoms with E-state index in [0.717, 1.165) is 64.2 Å². The molecular formula is C42H78NaO10P. The zero-order chi connectivity index (χ0) is 39.1. The minimum absolute atomic E-state index is 0. The van der Waals surface area contributed by atoms with Crippen molar-refractivity contribution in [2.24, 2.45) is 0 Å². The van der Waals surface area contributed by atoms with E-state index in [2.05, 4.69) is 42.7 Å². The van der Waals surface area contributed by atoms with Crippen LogP contribution in [0.3, 0.4) is 0 Å². The van der Waals surface area contributed by atoms with Crippen LogP contribution in [-0.4, -0.2) is 60.8 Å². The van der Waals surface area contributed by atoms with Gasteiger partial charge in [-0.05, 0) is 44.9 Å². The number of unbranched alkanes of at least 4 members (excludes halogenated alkanes) is 22. The quantitative estimate of drug-likeness (QED) is 0.0211. The Morgan fingerprint density at radius 3 is 1.50 bits per heavy atom. The van der Waals surface area contributed by atoms with Crippen LogP contribution in [0.5, 0.6) is 0 Å². The molecule has 0 fully saturated rings. The van der Waals surface area contributed by atoms with E-state index in [1.165, 1.54) is 89.9 Å². The van der Waals surface area contributed by atoms with Gasteiger partial charge in [-0.3, -0.25) is 14.2 Å². The zero-order valence-corrected chi connectivity index (χ0v) is 37.6. The van der Waals surface area contributed by atoms with Gasteiger partial charge in [0, 0.05) is 12.8 Å². The first-order valence-corrected chi connectivity index (χ1v) is 22.7. The number of phosphoric ester groups is 1. The van der Waals surface area contributed by atoms with Crippen molar-refractivity contribution in [3.63, 3.8) is 0 Å². The van der Waals surface area contributed by atoms with Crippen molar-refractivity contribution < 1.29 is 77.3 Å². The van der Waals surface area contributed by atoms with Crippen LogP contribution in [0.2, 0.25) is 0 Å². The minimum atomic E-state index is -4.87. The Bertz CT molecular complexity index is 948. The molecule has 0 spiro atoms. The van der Waals surface area contributed by atoms with Crippen molar-refractivity contribution in [3.05, 3.63) is 24.3 Å². The molecule has 0 aromatic carbocycles. The maximum Gasteiger partial charge on any atom is 1.00 e. The third-order valence-corrected chi connectivity index (χ3v) is 10.0. The summed E-state index contributed by atoms with van der Waals surface area (Å²) in [6, 6.07) is 0. The standard InChI is InChI=1S/C42H79O10P.Na/c1-3-5-7-9-11-13-15-17-19-21-23-25-27-29-31-33-41(45)49-37-40(38-51-53(47,48)50-36-39(44)35-43)52-42(46)34-32-30-28-26-24-22-20-18-16-14-12-10-8-6-4-2;/h12,14,18,20,39-40,43-44H,3-11,13,15-17,19,21-38H2,1-2H3,(H,47,48);/q;+1/p-1. The summed E-state index contributed by atoms with van der Waals surface area (Å²) < 4.78 is 32.3. The molecule has 0 rings (SSSR count). The number of carbonyl (C=O) groups excluding carboxylic acids is 2. The topological polar surface area (TPSA) is 152 Å². The maximum absolute atomic E-state index is 12.6. The Balaban J connectivity index is 0. The molecule has 0 bridgehead atoms. The van der Waals surface area contributed by atoms with Crippen molar-refractivity contribution in [2.75, 3.05) is 26.4 Å². The molecule has 54 heavy (non-hydrogen) atoms. The number of hydrogen-bond acceptors (Lipinski definition) is 10. The molecule has 0 saturated heterocycles. The van der Waals surface area contributed by atoms with E-state index in [1.54, 1.807) is 0 Å². The van der Waals surface area contributed by atoms with Gasteiger partial charge < -0.3 is 33.6 Å². The summed E-state index contributed by atoms with van der Waals surface area (Å²) in [7, 11) is -4.87. The van der Waals surface area contributed by atoms with E-state index >= 15 is 0 Å². The second-order valence-corrected chi connectivity index (χ2v) is 15.8. The third-order valence-electron chi connectivity index (χ3n) is 9.10. The third kappa shape index (κ3) is 41.1. The molecule has 0 saturated carbocycles. The predicted molar refractivity (Wildman–Crippen MR) is 212 cm³/mol. The molecule has 10 nitrogen and oxygen atoms in total. The van der Waals surface area contributed by atoms with Crippen molar-refractivity contribution in [1.82, 2.24) is 0 Å². The molecular weight excluding hydrogens is 718 g/mol. The fraction of sp³-hybridized carbons (Fsp3) is 0.857. The summed E-state index contributed by atoms with van der Waals surface area (Å²) >= 11 is 0. The van der Waals surface area contributed by atoms with Gasteiger partial charge in [0.2, 0.25) is 0 Å². The van der Waals surface area contributed by atoms with Crippen molar-refractivity contribution >= 4 is 19.8 Å². The Morgan fingerprint density at radius 2 is 1.00 bits per heavy atom. The number of aliphatic hydroxyl groups excluding tert-OH is 2. The molecule has 0 aliphatic heterocycles. The van der Waals surface area contributed by atoms with Crippen molar-refractivity contribution in [1.29, 1.82) is 0 Å². The monoisotopic (exact) mass is 797 g/mol. The number of ether oxygens (including phenoxy) is 2. The fourth-order valence-corrected chi connectivity index (χ4v) is 6.56. The Labute approximate surface area is 351 Å². The Kier molecular flexibility index (Phi) is 43.3. The number of esters is 2. The minimum Gasteiger partial charge on any atom is -0.756 e. The van der Waals surface area contributed by atoms with E-state index < -0.39 is 51.8 Å². The number of hydrogen-bond donors (Lipinski definition) is 2. The van der Waals surface area contributed by atoms with E-state index in [9.17, 15) is 24.2 Å². The van der Waals surface area contributed by atoms with Crippen LogP contribution < -0.4 is 34.5 Å². The summed E-state index contributed by atoms with van der Waals surface area (Å²) in [6.07, 6.45) is 36.8. The van der Waals surface area contributed by atoms with E-state index in [1.807, 2.05) is 0 Å². The van der Waals surface area contributed by atoms with Gasteiger partial charge in [0.1, 0.15) is 12.7 Å². The number of rotatable bonds is 40. The molecule has 0 radical (unpaired) electrons. The molecule has 0 heterocycles. The molecule has 0 aromatic rings. The van der Waals surface area contributed by atoms with E-state index in [-0.39, 0.29) is 49.0 Å². The zero-order valence-electron chi connectivity index (χ0n) is 34.7. The molecule has 312 valence electrons. The van der Waals surface area contributed by atoms with Crippen molar-refractivity contribution in [2.45, 2.75) is 206 Å². The van der Waals surface area contributed by atoms with Crippen LogP contribution in [0, 0.1) is 0 Å². The molecule has 0 aliphatic carbocycles. The van der Waals surface area contributed by atoms with Gasteiger partial charge in [-0.1, -0.05) is 160 Å². The first-order valence-electron chi connectivity index (χ1n) is 21.3. The normalized spacial score (nSPS) is 13.9.